The van der Waals surface area contributed by atoms with E-state index in [2.05, 4.69) is 9.71 Å². The summed E-state index contributed by atoms with van der Waals surface area (Å²) in [6.45, 7) is 0.928. The van der Waals surface area contributed by atoms with Crippen molar-refractivity contribution in [2.75, 3.05) is 25.0 Å². The second-order valence-corrected chi connectivity index (χ2v) is 6.96. The standard InChI is InChI=1S/C16H19N3O4S/c1-19(15-5-2-3-10-17-15)12-4-11-18-24(22,23)14-8-6-13(7-9-14)16(20)21/h2-3,5-10,18H,4,11-12H2,1H3,(H,20,21). The molecule has 2 N–H and O–H groups in total. The number of nitrogens with one attached hydrogen (secondary N) is 1. The van der Waals surface area contributed by atoms with Gasteiger partial charge in [-0.1, -0.05) is 6.07 Å². The van der Waals surface area contributed by atoms with Crippen LogP contribution in [0.2, 0.25) is 0 Å². The Morgan fingerprint density at radius 3 is 2.50 bits per heavy atom. The van der Waals surface area contributed by atoms with Crippen LogP contribution in [0.5, 0.6) is 0 Å². The van der Waals surface area contributed by atoms with Gasteiger partial charge in [-0.2, -0.15) is 0 Å². The van der Waals surface area contributed by atoms with Gasteiger partial charge >= 0.3 is 5.97 Å². The van der Waals surface area contributed by atoms with Crippen LogP contribution in [-0.2, 0) is 10.0 Å². The number of pyridine rings is 1. The van der Waals surface area contributed by atoms with Gasteiger partial charge in [-0.25, -0.2) is 22.9 Å². The lowest BCUT2D eigenvalue weighted by Crippen LogP contribution is -2.28. The highest BCUT2D eigenvalue weighted by molar-refractivity contribution is 7.89. The van der Waals surface area contributed by atoms with Crippen molar-refractivity contribution >= 4 is 21.8 Å². The normalized spacial score (nSPS) is 11.2. The van der Waals surface area contributed by atoms with E-state index in [1.807, 2.05) is 30.1 Å². The average molecular weight is 349 g/mol. The van der Waals surface area contributed by atoms with Gasteiger partial charge in [-0.05, 0) is 42.8 Å². The number of hydrogen-bond acceptors (Lipinski definition) is 5. The molecule has 0 fully saturated rings. The summed E-state index contributed by atoms with van der Waals surface area (Å²) >= 11 is 0. The fraction of sp³-hybridized carbons (Fsp3) is 0.250. The Morgan fingerprint density at radius 2 is 1.92 bits per heavy atom. The van der Waals surface area contributed by atoms with Gasteiger partial charge in [-0.15, -0.1) is 0 Å². The zero-order valence-corrected chi connectivity index (χ0v) is 14.0. The van der Waals surface area contributed by atoms with Crippen LogP contribution in [0.25, 0.3) is 0 Å². The van der Waals surface area contributed by atoms with Crippen LogP contribution in [0.1, 0.15) is 16.8 Å². The molecule has 7 nitrogen and oxygen atoms in total. The van der Waals surface area contributed by atoms with Gasteiger partial charge in [0, 0.05) is 26.3 Å². The van der Waals surface area contributed by atoms with E-state index >= 15 is 0 Å². The van der Waals surface area contributed by atoms with E-state index in [-0.39, 0.29) is 17.0 Å². The number of anilines is 1. The zero-order valence-electron chi connectivity index (χ0n) is 13.2. The second kappa shape index (κ2) is 7.89. The lowest BCUT2D eigenvalue weighted by Gasteiger charge is -2.17. The molecular weight excluding hydrogens is 330 g/mol. The van der Waals surface area contributed by atoms with Crippen molar-refractivity contribution in [3.63, 3.8) is 0 Å². The number of aromatic carboxylic acids is 1. The third kappa shape index (κ3) is 4.77. The Kier molecular flexibility index (Phi) is 5.88. The number of carboxylic acids is 1. The van der Waals surface area contributed by atoms with Crippen molar-refractivity contribution in [1.82, 2.24) is 9.71 Å². The summed E-state index contributed by atoms with van der Waals surface area (Å²) in [5.74, 6) is -0.269. The predicted molar refractivity (Wildman–Crippen MR) is 90.7 cm³/mol. The van der Waals surface area contributed by atoms with Gasteiger partial charge in [0.15, 0.2) is 0 Å². The minimum atomic E-state index is -3.64. The van der Waals surface area contributed by atoms with E-state index < -0.39 is 16.0 Å². The minimum Gasteiger partial charge on any atom is -0.478 e. The van der Waals surface area contributed by atoms with Crippen LogP contribution in [0.4, 0.5) is 5.82 Å². The van der Waals surface area contributed by atoms with E-state index in [1.54, 1.807) is 6.20 Å². The van der Waals surface area contributed by atoms with Crippen LogP contribution in [0.3, 0.4) is 0 Å². The van der Waals surface area contributed by atoms with Crippen LogP contribution >= 0.6 is 0 Å². The summed E-state index contributed by atoms with van der Waals surface area (Å²) in [5.41, 5.74) is 0.0472. The lowest BCUT2D eigenvalue weighted by molar-refractivity contribution is 0.0696. The molecule has 0 spiro atoms. The summed E-state index contributed by atoms with van der Waals surface area (Å²) in [5, 5.41) is 8.82. The first-order chi connectivity index (χ1) is 11.4. The van der Waals surface area contributed by atoms with Crippen molar-refractivity contribution in [2.24, 2.45) is 0 Å². The molecular formula is C16H19N3O4S. The van der Waals surface area contributed by atoms with Gasteiger partial charge < -0.3 is 10.0 Å². The van der Waals surface area contributed by atoms with Crippen LogP contribution in [-0.4, -0.2) is 44.6 Å². The molecule has 24 heavy (non-hydrogen) atoms. The van der Waals surface area contributed by atoms with Crippen molar-refractivity contribution in [1.29, 1.82) is 0 Å². The second-order valence-electron chi connectivity index (χ2n) is 5.19. The molecule has 8 heteroatoms. The van der Waals surface area contributed by atoms with Gasteiger partial charge in [0.1, 0.15) is 5.82 Å². The van der Waals surface area contributed by atoms with Gasteiger partial charge in [0.05, 0.1) is 10.5 Å². The molecule has 0 aliphatic carbocycles. The molecule has 0 amide bonds. The number of benzene rings is 1. The smallest absolute Gasteiger partial charge is 0.335 e. The number of hydrogen-bond donors (Lipinski definition) is 2. The van der Waals surface area contributed by atoms with Crippen LogP contribution in [0, 0.1) is 0 Å². The summed E-state index contributed by atoms with van der Waals surface area (Å²) < 4.78 is 26.8. The fourth-order valence-electron chi connectivity index (χ4n) is 2.08. The third-order valence-corrected chi connectivity index (χ3v) is 4.89. The Hall–Kier alpha value is -2.45. The molecule has 1 heterocycles. The Balaban J connectivity index is 1.85. The Bertz CT molecular complexity index is 777. The molecule has 1 aromatic heterocycles. The van der Waals surface area contributed by atoms with Gasteiger partial charge in [0.25, 0.3) is 0 Å². The largest absolute Gasteiger partial charge is 0.478 e. The predicted octanol–water partition coefficient (Wildman–Crippen LogP) is 1.58. The van der Waals surface area contributed by atoms with Crippen molar-refractivity contribution in [3.8, 4) is 0 Å². The molecule has 2 rings (SSSR count). The summed E-state index contributed by atoms with van der Waals surface area (Å²) in [7, 11) is -1.75. The molecule has 128 valence electrons. The molecule has 0 saturated heterocycles. The Labute approximate surface area is 141 Å². The fourth-order valence-corrected chi connectivity index (χ4v) is 3.15. The van der Waals surface area contributed by atoms with E-state index in [4.69, 9.17) is 5.11 Å². The van der Waals surface area contributed by atoms with Crippen molar-refractivity contribution in [2.45, 2.75) is 11.3 Å². The topological polar surface area (TPSA) is 99.6 Å². The van der Waals surface area contributed by atoms with Crippen molar-refractivity contribution in [3.05, 3.63) is 54.2 Å². The highest BCUT2D eigenvalue weighted by Gasteiger charge is 2.14. The summed E-state index contributed by atoms with van der Waals surface area (Å²) in [6, 6.07) is 10.7. The first-order valence-corrected chi connectivity index (χ1v) is 8.83. The number of nitrogens with zero attached hydrogens (tertiary/aromatic N) is 2. The molecule has 0 saturated carbocycles. The van der Waals surface area contributed by atoms with Crippen LogP contribution < -0.4 is 9.62 Å². The SMILES string of the molecule is CN(CCCNS(=O)(=O)c1ccc(C(=O)O)cc1)c1ccccn1. The highest BCUT2D eigenvalue weighted by atomic mass is 32.2. The number of sulfonamides is 1. The number of aromatic nitrogens is 1. The first kappa shape index (κ1) is 17.9. The van der Waals surface area contributed by atoms with E-state index in [0.29, 0.717) is 13.0 Å². The zero-order chi connectivity index (χ0) is 17.6. The average Bonchev–Trinajstić information content (AvgIpc) is 2.59. The third-order valence-electron chi connectivity index (χ3n) is 3.41. The molecule has 0 aliphatic heterocycles. The van der Waals surface area contributed by atoms with Gasteiger partial charge in [-0.3, -0.25) is 0 Å². The summed E-state index contributed by atoms with van der Waals surface area (Å²) in [4.78, 5) is 17.0. The summed E-state index contributed by atoms with van der Waals surface area (Å²) in [6.07, 6.45) is 2.31. The lowest BCUT2D eigenvalue weighted by atomic mass is 10.2. The molecule has 0 aliphatic rings. The molecule has 0 unspecified atom stereocenters. The quantitative estimate of drug-likeness (QED) is 0.702. The van der Waals surface area contributed by atoms with E-state index in [0.717, 1.165) is 5.82 Å². The van der Waals surface area contributed by atoms with Crippen LogP contribution in [0.15, 0.2) is 53.6 Å². The molecule has 0 bridgehead atoms. The number of carbonyl (C=O) groups is 1. The van der Waals surface area contributed by atoms with E-state index in [9.17, 15) is 13.2 Å². The highest BCUT2D eigenvalue weighted by Crippen LogP contribution is 2.11. The number of rotatable bonds is 8. The van der Waals surface area contributed by atoms with Crippen molar-refractivity contribution < 1.29 is 18.3 Å². The molecule has 1 aromatic carbocycles. The molecule has 2 aromatic rings. The van der Waals surface area contributed by atoms with Gasteiger partial charge in [0.2, 0.25) is 10.0 Å². The number of carboxylic acid groups (broad SMARTS) is 1. The maximum absolute atomic E-state index is 12.1. The minimum absolute atomic E-state index is 0.0468. The first-order valence-electron chi connectivity index (χ1n) is 7.35. The monoisotopic (exact) mass is 349 g/mol. The molecule has 0 radical (unpaired) electrons. The maximum Gasteiger partial charge on any atom is 0.335 e. The van der Waals surface area contributed by atoms with E-state index in [1.165, 1.54) is 24.3 Å². The maximum atomic E-state index is 12.1. The Morgan fingerprint density at radius 1 is 1.21 bits per heavy atom. The molecule has 0 atom stereocenters.